The van der Waals surface area contributed by atoms with Crippen LogP contribution in [0.2, 0.25) is 0 Å². The average molecular weight is 419 g/mol. The molecule has 2 atom stereocenters. The summed E-state index contributed by atoms with van der Waals surface area (Å²) >= 11 is 0. The first-order valence-electron chi connectivity index (χ1n) is 10.6. The number of aliphatic hydroxyl groups excluding tert-OH is 1. The summed E-state index contributed by atoms with van der Waals surface area (Å²) in [7, 11) is 5.76. The molecule has 3 N–H and O–H groups in total. The number of ether oxygens (including phenoxy) is 1. The zero-order chi connectivity index (χ0) is 22.3. The van der Waals surface area contributed by atoms with Crippen LogP contribution < -0.4 is 0 Å². The Labute approximate surface area is 174 Å². The van der Waals surface area contributed by atoms with Gasteiger partial charge >= 0.3 is 17.9 Å². The van der Waals surface area contributed by atoms with Crippen LogP contribution in [0, 0.1) is 0 Å². The summed E-state index contributed by atoms with van der Waals surface area (Å²) in [5.41, 5.74) is 0. The van der Waals surface area contributed by atoms with Gasteiger partial charge in [-0.1, -0.05) is 32.1 Å². The number of hydrogen-bond acceptors (Lipinski definition) is 5. The van der Waals surface area contributed by atoms with Gasteiger partial charge in [-0.05, 0) is 25.7 Å². The molecule has 0 aliphatic heterocycles. The molecule has 0 bridgehead atoms. The fourth-order valence-electron chi connectivity index (χ4n) is 3.17. The van der Waals surface area contributed by atoms with Gasteiger partial charge in [0.05, 0.1) is 33.7 Å². The minimum atomic E-state index is -0.980. The Bertz CT molecular complexity index is 488. The highest BCUT2D eigenvalue weighted by atomic mass is 16.5. The van der Waals surface area contributed by atoms with Crippen molar-refractivity contribution in [3.8, 4) is 0 Å². The Morgan fingerprint density at radius 1 is 0.793 bits per heavy atom. The molecule has 0 fully saturated rings. The lowest BCUT2D eigenvalue weighted by Gasteiger charge is -2.28. The molecule has 2 unspecified atom stereocenters. The van der Waals surface area contributed by atoms with Gasteiger partial charge in [0.1, 0.15) is 6.54 Å². The lowest BCUT2D eigenvalue weighted by atomic mass is 10.0. The van der Waals surface area contributed by atoms with Crippen LogP contribution in [-0.4, -0.2) is 77.6 Å². The maximum Gasteiger partial charge on any atom is 0.307 e. The smallest absolute Gasteiger partial charge is 0.307 e. The number of nitrogens with zero attached hydrogens (tertiary/aromatic N) is 1. The van der Waals surface area contributed by atoms with Crippen molar-refractivity contribution >= 4 is 17.9 Å². The number of carboxylic acids is 2. The second kappa shape index (κ2) is 15.2. The SMILES string of the molecule is C[N+](C)(C)CC(CC(=O)O)OC(=O)CCCCCC(O)CCCCCCC(=O)O. The van der Waals surface area contributed by atoms with Gasteiger partial charge in [0.2, 0.25) is 0 Å². The third-order valence-corrected chi connectivity index (χ3v) is 4.55. The fourth-order valence-corrected chi connectivity index (χ4v) is 3.17. The summed E-state index contributed by atoms with van der Waals surface area (Å²) in [6, 6.07) is 0. The van der Waals surface area contributed by atoms with Gasteiger partial charge in [-0.3, -0.25) is 14.4 Å². The third-order valence-electron chi connectivity index (χ3n) is 4.55. The molecule has 0 rings (SSSR count). The maximum absolute atomic E-state index is 12.0. The molecule has 8 heteroatoms. The highest BCUT2D eigenvalue weighted by Crippen LogP contribution is 2.14. The van der Waals surface area contributed by atoms with Crippen LogP contribution in [0.15, 0.2) is 0 Å². The van der Waals surface area contributed by atoms with E-state index in [1.165, 1.54) is 0 Å². The number of quaternary nitrogens is 1. The third kappa shape index (κ3) is 19.4. The Morgan fingerprint density at radius 3 is 1.83 bits per heavy atom. The number of carbonyl (C=O) groups excluding carboxylic acids is 1. The van der Waals surface area contributed by atoms with E-state index >= 15 is 0 Å². The molecule has 0 aliphatic carbocycles. The quantitative estimate of drug-likeness (QED) is 0.178. The number of likely N-dealkylation sites (N-methyl/N-ethyl adjacent to an activating group) is 1. The van der Waals surface area contributed by atoms with Crippen molar-refractivity contribution in [2.45, 2.75) is 89.3 Å². The van der Waals surface area contributed by atoms with Gasteiger partial charge in [-0.2, -0.15) is 0 Å². The van der Waals surface area contributed by atoms with E-state index in [1.807, 2.05) is 21.1 Å². The number of carbonyl (C=O) groups is 3. The van der Waals surface area contributed by atoms with E-state index in [4.69, 9.17) is 14.9 Å². The summed E-state index contributed by atoms with van der Waals surface area (Å²) in [6.07, 6.45) is 6.37. The molecule has 0 radical (unpaired) electrons. The fraction of sp³-hybridized carbons (Fsp3) is 0.857. The maximum atomic E-state index is 12.0. The lowest BCUT2D eigenvalue weighted by Crippen LogP contribution is -2.43. The van der Waals surface area contributed by atoms with Gasteiger partial charge in [0.15, 0.2) is 6.10 Å². The second-order valence-electron chi connectivity index (χ2n) is 8.78. The molecule has 0 aromatic rings. The zero-order valence-electron chi connectivity index (χ0n) is 18.3. The van der Waals surface area contributed by atoms with Crippen LogP contribution >= 0.6 is 0 Å². The topological polar surface area (TPSA) is 121 Å². The average Bonchev–Trinajstić information content (AvgIpc) is 2.55. The normalized spacial score (nSPS) is 13.7. The molecule has 0 amide bonds. The molecule has 0 spiro atoms. The van der Waals surface area contributed by atoms with Crippen molar-refractivity contribution in [1.29, 1.82) is 0 Å². The van der Waals surface area contributed by atoms with Crippen molar-refractivity contribution in [1.82, 2.24) is 0 Å². The predicted octanol–water partition coefficient (Wildman–Crippen LogP) is 2.82. The minimum absolute atomic E-state index is 0.191. The molecule has 0 aromatic carbocycles. The van der Waals surface area contributed by atoms with Crippen LogP contribution in [0.3, 0.4) is 0 Å². The summed E-state index contributed by atoms with van der Waals surface area (Å²) in [6.45, 7) is 0.445. The van der Waals surface area contributed by atoms with E-state index < -0.39 is 18.0 Å². The zero-order valence-corrected chi connectivity index (χ0v) is 18.3. The molecule has 0 heterocycles. The van der Waals surface area contributed by atoms with Crippen molar-refractivity contribution in [2.75, 3.05) is 27.7 Å². The molecular formula is C21H40NO7+. The Kier molecular flexibility index (Phi) is 14.3. The first-order chi connectivity index (χ1) is 13.5. The summed E-state index contributed by atoms with van der Waals surface area (Å²) in [5.74, 6) is -2.11. The number of carboxylic acid groups (broad SMARTS) is 2. The summed E-state index contributed by atoms with van der Waals surface area (Å²) < 4.78 is 5.86. The van der Waals surface area contributed by atoms with Crippen molar-refractivity contribution in [2.24, 2.45) is 0 Å². The minimum Gasteiger partial charge on any atom is -0.481 e. The molecule has 0 aliphatic rings. The molecule has 0 saturated carbocycles. The lowest BCUT2D eigenvalue weighted by molar-refractivity contribution is -0.873. The van der Waals surface area contributed by atoms with E-state index in [1.54, 1.807) is 0 Å². The largest absolute Gasteiger partial charge is 0.481 e. The second-order valence-corrected chi connectivity index (χ2v) is 8.78. The van der Waals surface area contributed by atoms with Crippen LogP contribution in [0.4, 0.5) is 0 Å². The Balaban J connectivity index is 3.82. The van der Waals surface area contributed by atoms with Crippen LogP contribution in [0.1, 0.15) is 77.0 Å². The first-order valence-corrected chi connectivity index (χ1v) is 10.6. The molecule has 29 heavy (non-hydrogen) atoms. The number of esters is 1. The van der Waals surface area contributed by atoms with E-state index in [0.717, 1.165) is 38.5 Å². The highest BCUT2D eigenvalue weighted by molar-refractivity contribution is 5.71. The van der Waals surface area contributed by atoms with Gasteiger partial charge in [-0.25, -0.2) is 0 Å². The summed E-state index contributed by atoms with van der Waals surface area (Å²) in [5, 5.41) is 27.5. The van der Waals surface area contributed by atoms with Gasteiger partial charge in [0, 0.05) is 12.8 Å². The Morgan fingerprint density at radius 2 is 1.31 bits per heavy atom. The molecule has 0 saturated heterocycles. The standard InChI is InChI=1S/C21H39NO7/c1-22(2,3)16-18(15-20(26)27)29-21(28)14-10-6-8-12-17(23)11-7-4-5-9-13-19(24)25/h17-18,23H,4-16H2,1-3H3,(H-,24,25,26,27)/p+1. The number of aliphatic carboxylic acids is 2. The predicted molar refractivity (Wildman–Crippen MR) is 109 cm³/mol. The van der Waals surface area contributed by atoms with Crippen molar-refractivity contribution in [3.63, 3.8) is 0 Å². The Hall–Kier alpha value is -1.67. The van der Waals surface area contributed by atoms with Crippen LogP contribution in [0.25, 0.3) is 0 Å². The molecule has 0 aromatic heterocycles. The van der Waals surface area contributed by atoms with Crippen molar-refractivity contribution < 1.29 is 38.9 Å². The monoisotopic (exact) mass is 418 g/mol. The van der Waals surface area contributed by atoms with Gasteiger partial charge < -0.3 is 24.5 Å². The molecular weight excluding hydrogens is 378 g/mol. The number of unbranched alkanes of at least 4 members (excludes halogenated alkanes) is 5. The molecule has 170 valence electrons. The number of rotatable bonds is 18. The van der Waals surface area contributed by atoms with Crippen LogP contribution in [0.5, 0.6) is 0 Å². The molecule has 8 nitrogen and oxygen atoms in total. The van der Waals surface area contributed by atoms with E-state index in [9.17, 15) is 19.5 Å². The number of aliphatic hydroxyl groups is 1. The van der Waals surface area contributed by atoms with Crippen molar-refractivity contribution in [3.05, 3.63) is 0 Å². The van der Waals surface area contributed by atoms with Crippen LogP contribution in [-0.2, 0) is 19.1 Å². The van der Waals surface area contributed by atoms with E-state index in [0.29, 0.717) is 30.3 Å². The van der Waals surface area contributed by atoms with E-state index in [-0.39, 0.29) is 31.3 Å². The highest BCUT2D eigenvalue weighted by Gasteiger charge is 2.24. The van der Waals surface area contributed by atoms with E-state index in [2.05, 4.69) is 0 Å². The van der Waals surface area contributed by atoms with Gasteiger partial charge in [0.25, 0.3) is 0 Å². The first kappa shape index (κ1) is 27.3. The van der Waals surface area contributed by atoms with Gasteiger partial charge in [-0.15, -0.1) is 0 Å². The summed E-state index contributed by atoms with van der Waals surface area (Å²) in [4.78, 5) is 33.3. The number of hydrogen-bond donors (Lipinski definition) is 3.